The number of hydrazone groups is 1. The summed E-state index contributed by atoms with van der Waals surface area (Å²) in [5.41, 5.74) is 5.86. The molecule has 4 rings (SSSR count). The lowest BCUT2D eigenvalue weighted by molar-refractivity contribution is -0.112. The van der Waals surface area contributed by atoms with Crippen molar-refractivity contribution in [2.45, 2.75) is 31.1 Å². The monoisotopic (exact) mass is 550 g/mol. The van der Waals surface area contributed by atoms with Gasteiger partial charge in [-0.25, -0.2) is 15.0 Å². The molecule has 1 aliphatic heterocycles. The van der Waals surface area contributed by atoms with Gasteiger partial charge < -0.3 is 15.3 Å². The standard InChI is InChI=1S/C28H27ClN4O4S/c1-2-15-33-24-14-13-20(38-16-5-6-18-9-11-19(12-10-18)27(35)36)17-21(24)25(26(33)34)31-32-28(37)30-23-8-4-3-7-22(23)29/h3-4,7-14,17H,2,5-6,15-16H2,1H3,(H,35,36)(H2,30,32,37). The van der Waals surface area contributed by atoms with E-state index in [1.165, 1.54) is 0 Å². The summed E-state index contributed by atoms with van der Waals surface area (Å²) in [5.74, 6) is -0.345. The van der Waals surface area contributed by atoms with E-state index in [1.807, 2.05) is 37.3 Å². The lowest BCUT2D eigenvalue weighted by atomic mass is 10.1. The molecule has 38 heavy (non-hydrogen) atoms. The molecule has 1 heterocycles. The summed E-state index contributed by atoms with van der Waals surface area (Å²) in [4.78, 5) is 39.2. The minimum absolute atomic E-state index is 0.184. The molecular weight excluding hydrogens is 524 g/mol. The van der Waals surface area contributed by atoms with Gasteiger partial charge in [0.05, 0.1) is 22.0 Å². The van der Waals surface area contributed by atoms with Gasteiger partial charge in [-0.15, -0.1) is 11.8 Å². The van der Waals surface area contributed by atoms with Gasteiger partial charge in [0.25, 0.3) is 5.91 Å². The van der Waals surface area contributed by atoms with Crippen LogP contribution in [0.4, 0.5) is 16.2 Å². The van der Waals surface area contributed by atoms with Crippen molar-refractivity contribution < 1.29 is 19.5 Å². The van der Waals surface area contributed by atoms with Crippen molar-refractivity contribution in [2.75, 3.05) is 22.5 Å². The molecular formula is C28H27ClN4O4S. The molecule has 3 aromatic rings. The zero-order valence-electron chi connectivity index (χ0n) is 20.7. The fourth-order valence-corrected chi connectivity index (χ4v) is 5.11. The number of fused-ring (bicyclic) bond motifs is 1. The topological polar surface area (TPSA) is 111 Å². The molecule has 1 aliphatic rings. The number of carboxylic acids is 1. The van der Waals surface area contributed by atoms with Crippen LogP contribution in [-0.4, -0.2) is 41.0 Å². The van der Waals surface area contributed by atoms with Crippen LogP contribution in [0.3, 0.4) is 0 Å². The van der Waals surface area contributed by atoms with Gasteiger partial charge in [-0.05, 0) is 73.0 Å². The van der Waals surface area contributed by atoms with E-state index < -0.39 is 12.0 Å². The number of nitrogens with zero attached hydrogens (tertiary/aromatic N) is 2. The Balaban J connectivity index is 1.42. The van der Waals surface area contributed by atoms with E-state index in [-0.39, 0.29) is 17.2 Å². The van der Waals surface area contributed by atoms with Gasteiger partial charge in [-0.1, -0.05) is 42.8 Å². The van der Waals surface area contributed by atoms with Crippen molar-refractivity contribution in [1.82, 2.24) is 5.43 Å². The van der Waals surface area contributed by atoms with Crippen LogP contribution >= 0.6 is 23.4 Å². The van der Waals surface area contributed by atoms with Crippen molar-refractivity contribution in [1.29, 1.82) is 0 Å². The molecule has 0 atom stereocenters. The van der Waals surface area contributed by atoms with Crippen molar-refractivity contribution in [2.24, 2.45) is 5.10 Å². The van der Waals surface area contributed by atoms with E-state index in [2.05, 4.69) is 15.8 Å². The summed E-state index contributed by atoms with van der Waals surface area (Å²) in [7, 11) is 0. The lowest BCUT2D eigenvalue weighted by Gasteiger charge is -2.15. The minimum Gasteiger partial charge on any atom is -0.478 e. The quantitative estimate of drug-likeness (QED) is 0.162. The fourth-order valence-electron chi connectivity index (χ4n) is 4.04. The van der Waals surface area contributed by atoms with E-state index in [0.29, 0.717) is 22.8 Å². The van der Waals surface area contributed by atoms with Crippen molar-refractivity contribution in [3.63, 3.8) is 0 Å². The molecule has 0 bridgehead atoms. The van der Waals surface area contributed by atoms with Gasteiger partial charge in [0.1, 0.15) is 0 Å². The van der Waals surface area contributed by atoms with Crippen LogP contribution < -0.4 is 15.6 Å². The molecule has 3 N–H and O–H groups in total. The number of halogens is 1. The van der Waals surface area contributed by atoms with E-state index in [4.69, 9.17) is 16.7 Å². The second-order valence-corrected chi connectivity index (χ2v) is 10.2. The Bertz CT molecular complexity index is 1380. The van der Waals surface area contributed by atoms with Crippen LogP contribution in [0.5, 0.6) is 0 Å². The maximum Gasteiger partial charge on any atom is 0.339 e. The van der Waals surface area contributed by atoms with Crippen LogP contribution in [0, 0.1) is 0 Å². The predicted molar refractivity (Wildman–Crippen MR) is 152 cm³/mol. The number of anilines is 2. The number of para-hydroxylation sites is 1. The third-order valence-electron chi connectivity index (χ3n) is 5.88. The first-order chi connectivity index (χ1) is 18.4. The first kappa shape index (κ1) is 27.2. The number of aryl methyl sites for hydroxylation is 1. The highest BCUT2D eigenvalue weighted by Crippen LogP contribution is 2.33. The highest BCUT2D eigenvalue weighted by atomic mass is 35.5. The predicted octanol–water partition coefficient (Wildman–Crippen LogP) is 6.05. The van der Waals surface area contributed by atoms with Crippen molar-refractivity contribution in [3.8, 4) is 0 Å². The zero-order valence-corrected chi connectivity index (χ0v) is 22.3. The normalized spacial score (nSPS) is 13.5. The van der Waals surface area contributed by atoms with Crippen molar-refractivity contribution in [3.05, 3.63) is 88.4 Å². The highest BCUT2D eigenvalue weighted by molar-refractivity contribution is 7.99. The summed E-state index contributed by atoms with van der Waals surface area (Å²) < 4.78 is 0. The van der Waals surface area contributed by atoms with Gasteiger partial charge in [0.15, 0.2) is 5.71 Å². The van der Waals surface area contributed by atoms with E-state index in [1.54, 1.807) is 53.1 Å². The van der Waals surface area contributed by atoms with E-state index in [9.17, 15) is 14.4 Å². The highest BCUT2D eigenvalue weighted by Gasteiger charge is 2.34. The Morgan fingerprint density at radius 2 is 1.84 bits per heavy atom. The Morgan fingerprint density at radius 3 is 2.55 bits per heavy atom. The SMILES string of the molecule is CCCN1C(=O)C(=NNC(=O)Nc2ccccc2Cl)c2cc(SCCCc3ccc(C(=O)O)cc3)ccc21. The molecule has 0 saturated heterocycles. The number of amides is 3. The van der Waals surface area contributed by atoms with Crippen LogP contribution in [0.15, 0.2) is 76.7 Å². The average Bonchev–Trinajstić information content (AvgIpc) is 3.17. The zero-order chi connectivity index (χ0) is 27.1. The third kappa shape index (κ3) is 6.54. The number of thioether (sulfide) groups is 1. The van der Waals surface area contributed by atoms with Gasteiger partial charge in [0.2, 0.25) is 0 Å². The maximum absolute atomic E-state index is 13.1. The van der Waals surface area contributed by atoms with Gasteiger partial charge in [0, 0.05) is 17.0 Å². The number of nitrogens with one attached hydrogen (secondary N) is 2. The molecule has 10 heteroatoms. The van der Waals surface area contributed by atoms with Gasteiger partial charge >= 0.3 is 12.0 Å². The van der Waals surface area contributed by atoms with Crippen LogP contribution in [0.1, 0.15) is 41.3 Å². The van der Waals surface area contributed by atoms with E-state index in [0.717, 1.165) is 41.2 Å². The molecule has 0 fully saturated rings. The summed E-state index contributed by atoms with van der Waals surface area (Å²) >= 11 is 7.76. The number of rotatable bonds is 10. The van der Waals surface area contributed by atoms with Gasteiger partial charge in [-0.2, -0.15) is 5.10 Å². The summed E-state index contributed by atoms with van der Waals surface area (Å²) in [6.07, 6.45) is 2.51. The maximum atomic E-state index is 13.1. The Kier molecular flexibility index (Phi) is 9.04. The smallest absolute Gasteiger partial charge is 0.339 e. The molecule has 8 nitrogen and oxygen atoms in total. The first-order valence-corrected chi connectivity index (χ1v) is 13.5. The molecule has 0 aliphatic carbocycles. The molecule has 0 unspecified atom stereocenters. The number of urea groups is 1. The second-order valence-electron chi connectivity index (χ2n) is 8.60. The fraction of sp³-hybridized carbons (Fsp3) is 0.214. The lowest BCUT2D eigenvalue weighted by Crippen LogP contribution is -2.33. The second kappa shape index (κ2) is 12.6. The minimum atomic E-state index is -0.931. The Morgan fingerprint density at radius 1 is 1.08 bits per heavy atom. The third-order valence-corrected chi connectivity index (χ3v) is 7.29. The number of aromatic carboxylic acids is 1. The van der Waals surface area contributed by atoms with Gasteiger partial charge in [-0.3, -0.25) is 4.79 Å². The number of hydrogen-bond acceptors (Lipinski definition) is 5. The number of benzene rings is 3. The average molecular weight is 551 g/mol. The van der Waals surface area contributed by atoms with Crippen molar-refractivity contribution >= 4 is 58.4 Å². The largest absolute Gasteiger partial charge is 0.478 e. The summed E-state index contributed by atoms with van der Waals surface area (Å²) in [6.45, 7) is 2.54. The summed E-state index contributed by atoms with van der Waals surface area (Å²) in [6, 6.07) is 19.0. The molecule has 3 amide bonds. The first-order valence-electron chi connectivity index (χ1n) is 12.2. The Hall–Kier alpha value is -3.82. The number of hydrogen-bond donors (Lipinski definition) is 3. The van der Waals surface area contributed by atoms with Crippen LogP contribution in [-0.2, 0) is 11.2 Å². The number of carbonyl (C=O) groups is 3. The molecule has 0 spiro atoms. The Labute approximate surface area is 230 Å². The number of carboxylic acid groups (broad SMARTS) is 1. The molecule has 0 aromatic heterocycles. The van der Waals surface area contributed by atoms with Crippen LogP contribution in [0.2, 0.25) is 5.02 Å². The molecule has 196 valence electrons. The summed E-state index contributed by atoms with van der Waals surface area (Å²) in [5, 5.41) is 16.2. The molecule has 0 radical (unpaired) electrons. The van der Waals surface area contributed by atoms with Crippen LogP contribution in [0.25, 0.3) is 0 Å². The molecule has 3 aromatic carbocycles. The van der Waals surface area contributed by atoms with E-state index >= 15 is 0 Å². The number of carbonyl (C=O) groups excluding carboxylic acids is 2. The molecule has 0 saturated carbocycles.